The molecule has 19 heavy (non-hydrogen) atoms. The highest BCUT2D eigenvalue weighted by molar-refractivity contribution is 6.34. The van der Waals surface area contributed by atoms with E-state index in [0.717, 1.165) is 11.1 Å². The first-order valence-electron chi connectivity index (χ1n) is 5.88. The van der Waals surface area contributed by atoms with Crippen LogP contribution in [-0.2, 0) is 6.54 Å². The van der Waals surface area contributed by atoms with Crippen LogP contribution in [0, 0.1) is 13.8 Å². The van der Waals surface area contributed by atoms with Crippen molar-refractivity contribution in [3.05, 3.63) is 51.9 Å². The second-order valence-corrected chi connectivity index (χ2v) is 4.77. The molecule has 4 nitrogen and oxygen atoms in total. The van der Waals surface area contributed by atoms with Gasteiger partial charge in [0.15, 0.2) is 5.76 Å². The molecule has 1 amide bonds. The van der Waals surface area contributed by atoms with Gasteiger partial charge in [-0.25, -0.2) is 0 Å². The van der Waals surface area contributed by atoms with Crippen molar-refractivity contribution in [3.63, 3.8) is 0 Å². The number of halogens is 1. The van der Waals surface area contributed by atoms with Crippen molar-refractivity contribution in [3.8, 4) is 0 Å². The van der Waals surface area contributed by atoms with E-state index in [2.05, 4.69) is 5.32 Å². The number of hydrogen-bond acceptors (Lipinski definition) is 3. The molecule has 1 heterocycles. The molecule has 0 saturated heterocycles. The van der Waals surface area contributed by atoms with E-state index in [4.69, 9.17) is 21.8 Å². The molecule has 1 aromatic heterocycles. The van der Waals surface area contributed by atoms with Gasteiger partial charge in [0.1, 0.15) is 5.76 Å². The minimum absolute atomic E-state index is 0.219. The van der Waals surface area contributed by atoms with Crippen LogP contribution in [0.4, 0.5) is 5.69 Å². The fourth-order valence-corrected chi connectivity index (χ4v) is 2.23. The number of nitrogens with one attached hydrogen (secondary N) is 1. The molecule has 2 rings (SSSR count). The third kappa shape index (κ3) is 2.97. The van der Waals surface area contributed by atoms with Crippen LogP contribution >= 0.6 is 11.6 Å². The van der Waals surface area contributed by atoms with Crippen molar-refractivity contribution < 1.29 is 9.21 Å². The van der Waals surface area contributed by atoms with E-state index in [-0.39, 0.29) is 18.2 Å². The molecule has 0 bridgehead atoms. The first-order chi connectivity index (χ1) is 9.01. The van der Waals surface area contributed by atoms with Crippen LogP contribution in [0.25, 0.3) is 0 Å². The first kappa shape index (κ1) is 13.6. The highest BCUT2D eigenvalue weighted by Crippen LogP contribution is 2.27. The highest BCUT2D eigenvalue weighted by Gasteiger charge is 2.14. The summed E-state index contributed by atoms with van der Waals surface area (Å²) in [6.07, 6.45) is 0. The maximum Gasteiger partial charge on any atom is 0.291 e. The van der Waals surface area contributed by atoms with E-state index in [1.54, 1.807) is 18.2 Å². The second kappa shape index (κ2) is 5.47. The molecule has 0 radical (unpaired) electrons. The number of hydrogen-bond donors (Lipinski definition) is 2. The van der Waals surface area contributed by atoms with Gasteiger partial charge in [-0.05, 0) is 43.2 Å². The van der Waals surface area contributed by atoms with Crippen molar-refractivity contribution in [1.29, 1.82) is 0 Å². The molecule has 0 aliphatic rings. The van der Waals surface area contributed by atoms with E-state index in [0.29, 0.717) is 16.5 Å². The summed E-state index contributed by atoms with van der Waals surface area (Å²) in [6.45, 7) is 4.10. The van der Waals surface area contributed by atoms with Crippen molar-refractivity contribution in [2.45, 2.75) is 20.4 Å². The number of benzene rings is 1. The average molecular weight is 279 g/mol. The Hall–Kier alpha value is -1.78. The SMILES string of the molecule is Cc1cc(C)c(NC(=O)c2ccc(CN)o2)c(Cl)c1. The highest BCUT2D eigenvalue weighted by atomic mass is 35.5. The number of carbonyl (C=O) groups excluding carboxylic acids is 1. The Morgan fingerprint density at radius 3 is 2.68 bits per heavy atom. The van der Waals surface area contributed by atoms with Crippen molar-refractivity contribution in [1.82, 2.24) is 0 Å². The summed E-state index contributed by atoms with van der Waals surface area (Å²) in [4.78, 5) is 12.0. The number of carbonyl (C=O) groups is 1. The largest absolute Gasteiger partial charge is 0.455 e. The van der Waals surface area contributed by atoms with E-state index in [1.165, 1.54) is 0 Å². The van der Waals surface area contributed by atoms with Gasteiger partial charge in [-0.3, -0.25) is 4.79 Å². The Kier molecular flexibility index (Phi) is 3.93. The van der Waals surface area contributed by atoms with Crippen molar-refractivity contribution in [2.75, 3.05) is 5.32 Å². The Balaban J connectivity index is 2.24. The lowest BCUT2D eigenvalue weighted by Crippen LogP contribution is -2.12. The molecule has 0 aliphatic carbocycles. The maximum atomic E-state index is 12.0. The van der Waals surface area contributed by atoms with E-state index in [9.17, 15) is 4.79 Å². The number of amides is 1. The quantitative estimate of drug-likeness (QED) is 0.905. The molecule has 5 heteroatoms. The van der Waals surface area contributed by atoms with Crippen LogP contribution in [0.5, 0.6) is 0 Å². The lowest BCUT2D eigenvalue weighted by atomic mass is 10.1. The predicted molar refractivity (Wildman–Crippen MR) is 75.5 cm³/mol. The zero-order chi connectivity index (χ0) is 14.0. The molecule has 3 N–H and O–H groups in total. The van der Waals surface area contributed by atoms with Crippen LogP contribution in [0.3, 0.4) is 0 Å². The number of nitrogens with two attached hydrogens (primary N) is 1. The summed E-state index contributed by atoms with van der Waals surface area (Å²) < 4.78 is 5.29. The Morgan fingerprint density at radius 2 is 2.11 bits per heavy atom. The lowest BCUT2D eigenvalue weighted by molar-refractivity contribution is 0.0995. The summed E-state index contributed by atoms with van der Waals surface area (Å²) in [5.41, 5.74) is 7.99. The smallest absolute Gasteiger partial charge is 0.291 e. The molecule has 0 spiro atoms. The summed E-state index contributed by atoms with van der Waals surface area (Å²) in [7, 11) is 0. The maximum absolute atomic E-state index is 12.0. The van der Waals surface area contributed by atoms with Crippen molar-refractivity contribution in [2.24, 2.45) is 5.73 Å². The normalized spacial score (nSPS) is 10.5. The summed E-state index contributed by atoms with van der Waals surface area (Å²) >= 11 is 6.13. The Bertz CT molecular complexity index is 597. The molecule has 0 saturated carbocycles. The van der Waals surface area contributed by atoms with Gasteiger partial charge in [0.05, 0.1) is 17.3 Å². The van der Waals surface area contributed by atoms with Crippen LogP contribution in [0.15, 0.2) is 28.7 Å². The molecular weight excluding hydrogens is 264 g/mol. The topological polar surface area (TPSA) is 68.3 Å². The van der Waals surface area contributed by atoms with Crippen LogP contribution in [-0.4, -0.2) is 5.91 Å². The van der Waals surface area contributed by atoms with E-state index in [1.807, 2.05) is 19.9 Å². The van der Waals surface area contributed by atoms with E-state index >= 15 is 0 Å². The second-order valence-electron chi connectivity index (χ2n) is 4.36. The third-order valence-electron chi connectivity index (χ3n) is 2.76. The number of anilines is 1. The summed E-state index contributed by atoms with van der Waals surface area (Å²) in [5.74, 6) is 0.446. The van der Waals surface area contributed by atoms with E-state index < -0.39 is 0 Å². The van der Waals surface area contributed by atoms with Gasteiger partial charge in [0.25, 0.3) is 5.91 Å². The molecule has 100 valence electrons. The fourth-order valence-electron chi connectivity index (χ4n) is 1.86. The predicted octanol–water partition coefficient (Wildman–Crippen LogP) is 3.26. The monoisotopic (exact) mass is 278 g/mol. The molecule has 2 aromatic rings. The first-order valence-corrected chi connectivity index (χ1v) is 6.26. The van der Waals surface area contributed by atoms with Gasteiger partial charge >= 0.3 is 0 Å². The zero-order valence-electron chi connectivity index (χ0n) is 10.8. The summed E-state index contributed by atoms with van der Waals surface area (Å²) in [6, 6.07) is 7.03. The molecule has 0 fully saturated rings. The molecular formula is C14H15ClN2O2. The van der Waals surface area contributed by atoms with Gasteiger partial charge in [-0.2, -0.15) is 0 Å². The minimum Gasteiger partial charge on any atom is -0.455 e. The number of furan rings is 1. The lowest BCUT2D eigenvalue weighted by Gasteiger charge is -2.10. The van der Waals surface area contributed by atoms with Gasteiger partial charge < -0.3 is 15.5 Å². The third-order valence-corrected chi connectivity index (χ3v) is 3.05. The molecule has 0 unspecified atom stereocenters. The van der Waals surface area contributed by atoms with Crippen molar-refractivity contribution >= 4 is 23.2 Å². The number of aryl methyl sites for hydroxylation is 2. The summed E-state index contributed by atoms with van der Waals surface area (Å²) in [5, 5.41) is 3.26. The molecule has 1 aromatic carbocycles. The van der Waals surface area contributed by atoms with Gasteiger partial charge in [-0.1, -0.05) is 17.7 Å². The molecule has 0 aliphatic heterocycles. The van der Waals surface area contributed by atoms with Crippen LogP contribution < -0.4 is 11.1 Å². The van der Waals surface area contributed by atoms with Gasteiger partial charge in [0, 0.05) is 0 Å². The van der Waals surface area contributed by atoms with Gasteiger partial charge in [-0.15, -0.1) is 0 Å². The minimum atomic E-state index is -0.339. The van der Waals surface area contributed by atoms with Crippen LogP contribution in [0.2, 0.25) is 5.02 Å². The Morgan fingerprint density at radius 1 is 1.37 bits per heavy atom. The molecule has 0 atom stereocenters. The van der Waals surface area contributed by atoms with Gasteiger partial charge in [0.2, 0.25) is 0 Å². The van der Waals surface area contributed by atoms with Crippen LogP contribution in [0.1, 0.15) is 27.4 Å². The fraction of sp³-hybridized carbons (Fsp3) is 0.214. The zero-order valence-corrected chi connectivity index (χ0v) is 11.5. The standard InChI is InChI=1S/C14H15ClN2O2/c1-8-5-9(2)13(11(15)6-8)17-14(18)12-4-3-10(7-16)19-12/h3-6H,7,16H2,1-2H3,(H,17,18). The number of rotatable bonds is 3. The Labute approximate surface area is 116 Å². The average Bonchev–Trinajstić information content (AvgIpc) is 2.82.